The molecule has 15 heavy (non-hydrogen) atoms. The normalized spacial score (nSPS) is 10.3. The Morgan fingerprint density at radius 3 is 2.80 bits per heavy atom. The Kier molecular flexibility index (Phi) is 2.64. The van der Waals surface area contributed by atoms with Gasteiger partial charge in [0.15, 0.2) is 11.6 Å². The Hall–Kier alpha value is -1.49. The van der Waals surface area contributed by atoms with Gasteiger partial charge in [-0.2, -0.15) is 0 Å². The Labute approximate surface area is 95.1 Å². The number of methoxy groups -OCH3 is 1. The van der Waals surface area contributed by atoms with E-state index in [1.54, 1.807) is 13.2 Å². The molecule has 0 saturated heterocycles. The molecule has 0 spiro atoms. The molecule has 0 atom stereocenters. The zero-order chi connectivity index (χ0) is 10.8. The predicted octanol–water partition coefficient (Wildman–Crippen LogP) is 2.69. The van der Waals surface area contributed by atoms with Crippen molar-refractivity contribution in [3.8, 4) is 17.1 Å². The van der Waals surface area contributed by atoms with Crippen LogP contribution in [0, 0.1) is 0 Å². The lowest BCUT2D eigenvalue weighted by molar-refractivity contribution is 0.411. The molecule has 0 saturated carbocycles. The minimum atomic E-state index is 0.367. The number of anilines is 1. The van der Waals surface area contributed by atoms with Crippen molar-refractivity contribution in [3.05, 3.63) is 28.7 Å². The van der Waals surface area contributed by atoms with E-state index in [0.717, 1.165) is 15.8 Å². The van der Waals surface area contributed by atoms with Gasteiger partial charge < -0.3 is 15.0 Å². The molecule has 0 radical (unpaired) electrons. The molecule has 1 aromatic carbocycles. The molecule has 2 N–H and O–H groups in total. The van der Waals surface area contributed by atoms with Crippen molar-refractivity contribution in [2.24, 2.45) is 0 Å². The van der Waals surface area contributed by atoms with Crippen molar-refractivity contribution in [3.63, 3.8) is 0 Å². The maximum atomic E-state index is 5.47. The highest BCUT2D eigenvalue weighted by Gasteiger charge is 2.07. The molecule has 1 aromatic heterocycles. The van der Waals surface area contributed by atoms with Crippen molar-refractivity contribution in [2.45, 2.75) is 0 Å². The van der Waals surface area contributed by atoms with Gasteiger partial charge in [-0.15, -0.1) is 0 Å². The Balaban J connectivity index is 2.45. The second kappa shape index (κ2) is 3.94. The highest BCUT2D eigenvalue weighted by molar-refractivity contribution is 9.10. The van der Waals surface area contributed by atoms with E-state index in [1.165, 1.54) is 0 Å². The van der Waals surface area contributed by atoms with E-state index in [0.29, 0.717) is 11.6 Å². The lowest BCUT2D eigenvalue weighted by atomic mass is 10.1. The third kappa shape index (κ3) is 1.97. The number of nitrogens with zero attached hydrogens (tertiary/aromatic N) is 1. The molecular weight excluding hydrogens is 260 g/mol. The fraction of sp³-hybridized carbons (Fsp3) is 0.100. The van der Waals surface area contributed by atoms with Crippen molar-refractivity contribution in [1.29, 1.82) is 0 Å². The van der Waals surface area contributed by atoms with Gasteiger partial charge in [-0.05, 0) is 34.1 Å². The van der Waals surface area contributed by atoms with E-state index in [4.69, 9.17) is 15.0 Å². The van der Waals surface area contributed by atoms with Gasteiger partial charge in [-0.3, -0.25) is 0 Å². The highest BCUT2D eigenvalue weighted by Crippen LogP contribution is 2.31. The monoisotopic (exact) mass is 268 g/mol. The first kappa shape index (κ1) is 10.0. The van der Waals surface area contributed by atoms with Crippen LogP contribution in [0.5, 0.6) is 5.75 Å². The summed E-state index contributed by atoms with van der Waals surface area (Å²) >= 11 is 3.37. The Morgan fingerprint density at radius 2 is 2.20 bits per heavy atom. The van der Waals surface area contributed by atoms with Crippen LogP contribution in [-0.4, -0.2) is 12.3 Å². The van der Waals surface area contributed by atoms with E-state index in [-0.39, 0.29) is 0 Å². The molecule has 78 valence electrons. The summed E-state index contributed by atoms with van der Waals surface area (Å²) in [6.45, 7) is 0. The molecular formula is C10H9BrN2O2. The van der Waals surface area contributed by atoms with E-state index >= 15 is 0 Å². The van der Waals surface area contributed by atoms with Crippen LogP contribution in [0.4, 0.5) is 5.82 Å². The van der Waals surface area contributed by atoms with Crippen molar-refractivity contribution >= 4 is 21.7 Å². The molecule has 4 nitrogen and oxygen atoms in total. The van der Waals surface area contributed by atoms with E-state index < -0.39 is 0 Å². The Morgan fingerprint density at radius 1 is 1.40 bits per heavy atom. The van der Waals surface area contributed by atoms with Crippen molar-refractivity contribution in [1.82, 2.24) is 5.16 Å². The largest absolute Gasteiger partial charge is 0.496 e. The minimum absolute atomic E-state index is 0.367. The number of rotatable bonds is 2. The summed E-state index contributed by atoms with van der Waals surface area (Å²) in [5, 5.41) is 3.62. The van der Waals surface area contributed by atoms with E-state index in [2.05, 4.69) is 21.1 Å². The molecule has 0 aliphatic rings. The number of hydrogen-bond acceptors (Lipinski definition) is 4. The number of nitrogens with two attached hydrogens (primary N) is 1. The van der Waals surface area contributed by atoms with Gasteiger partial charge in [-0.1, -0.05) is 5.16 Å². The van der Waals surface area contributed by atoms with Crippen LogP contribution >= 0.6 is 15.9 Å². The van der Waals surface area contributed by atoms with Gasteiger partial charge in [-0.25, -0.2) is 0 Å². The predicted molar refractivity (Wildman–Crippen MR) is 60.6 cm³/mol. The topological polar surface area (TPSA) is 61.3 Å². The zero-order valence-electron chi connectivity index (χ0n) is 8.03. The highest BCUT2D eigenvalue weighted by atomic mass is 79.9. The molecule has 2 aromatic rings. The summed E-state index contributed by atoms with van der Waals surface area (Å²) in [6.07, 6.45) is 0. The third-order valence-corrected chi connectivity index (χ3v) is 2.62. The molecule has 0 fully saturated rings. The maximum Gasteiger partial charge on any atom is 0.169 e. The SMILES string of the molecule is COc1cc(-c2cc(N)no2)ccc1Br. The second-order valence-corrected chi connectivity index (χ2v) is 3.82. The molecule has 0 amide bonds. The maximum absolute atomic E-state index is 5.47. The number of ether oxygens (including phenoxy) is 1. The molecule has 0 bridgehead atoms. The van der Waals surface area contributed by atoms with Crippen LogP contribution in [0.3, 0.4) is 0 Å². The van der Waals surface area contributed by atoms with Gasteiger partial charge in [0, 0.05) is 11.6 Å². The smallest absolute Gasteiger partial charge is 0.169 e. The number of nitrogen functional groups attached to an aromatic ring is 1. The average Bonchev–Trinajstić information content (AvgIpc) is 2.66. The molecule has 0 aliphatic carbocycles. The summed E-state index contributed by atoms with van der Waals surface area (Å²) in [5.41, 5.74) is 6.35. The number of benzene rings is 1. The van der Waals surface area contributed by atoms with Gasteiger partial charge in [0.25, 0.3) is 0 Å². The van der Waals surface area contributed by atoms with Crippen LogP contribution in [0.25, 0.3) is 11.3 Å². The summed E-state index contributed by atoms with van der Waals surface area (Å²) in [6, 6.07) is 7.30. The Bertz CT molecular complexity index is 482. The standard InChI is InChI=1S/C10H9BrN2O2/c1-14-9-4-6(2-3-7(9)11)8-5-10(12)13-15-8/h2-5H,1H3,(H2,12,13). The van der Waals surface area contributed by atoms with Crippen molar-refractivity contribution < 1.29 is 9.26 Å². The van der Waals surface area contributed by atoms with E-state index in [1.807, 2.05) is 18.2 Å². The zero-order valence-corrected chi connectivity index (χ0v) is 9.61. The first-order valence-corrected chi connectivity index (χ1v) is 5.06. The number of hydrogen-bond donors (Lipinski definition) is 1. The summed E-state index contributed by atoms with van der Waals surface area (Å²) in [7, 11) is 1.61. The van der Waals surface area contributed by atoms with Crippen LogP contribution in [0.1, 0.15) is 0 Å². The van der Waals surface area contributed by atoms with Gasteiger partial charge >= 0.3 is 0 Å². The van der Waals surface area contributed by atoms with Crippen LogP contribution in [-0.2, 0) is 0 Å². The fourth-order valence-electron chi connectivity index (χ4n) is 1.24. The average molecular weight is 269 g/mol. The lowest BCUT2D eigenvalue weighted by Crippen LogP contribution is -1.85. The summed E-state index contributed by atoms with van der Waals surface area (Å²) < 4.78 is 11.1. The number of aromatic nitrogens is 1. The molecule has 1 heterocycles. The molecule has 5 heteroatoms. The van der Waals surface area contributed by atoms with Crippen LogP contribution < -0.4 is 10.5 Å². The molecule has 0 unspecified atom stereocenters. The fourth-order valence-corrected chi connectivity index (χ4v) is 1.65. The molecule has 2 rings (SSSR count). The van der Waals surface area contributed by atoms with E-state index in [9.17, 15) is 0 Å². The van der Waals surface area contributed by atoms with Crippen molar-refractivity contribution in [2.75, 3.05) is 12.8 Å². The lowest BCUT2D eigenvalue weighted by Gasteiger charge is -2.03. The third-order valence-electron chi connectivity index (χ3n) is 1.96. The minimum Gasteiger partial charge on any atom is -0.496 e. The van der Waals surface area contributed by atoms with Crippen LogP contribution in [0.2, 0.25) is 0 Å². The summed E-state index contributed by atoms with van der Waals surface area (Å²) in [5.74, 6) is 1.73. The quantitative estimate of drug-likeness (QED) is 0.910. The first-order valence-electron chi connectivity index (χ1n) is 4.27. The number of halogens is 1. The van der Waals surface area contributed by atoms with Crippen LogP contribution in [0.15, 0.2) is 33.3 Å². The molecule has 0 aliphatic heterocycles. The summed E-state index contributed by atoms with van der Waals surface area (Å²) in [4.78, 5) is 0. The van der Waals surface area contributed by atoms with Gasteiger partial charge in [0.05, 0.1) is 11.6 Å². The van der Waals surface area contributed by atoms with Gasteiger partial charge in [0.1, 0.15) is 5.75 Å². The van der Waals surface area contributed by atoms with Gasteiger partial charge in [0.2, 0.25) is 0 Å². The first-order chi connectivity index (χ1) is 7.20. The second-order valence-electron chi connectivity index (χ2n) is 2.97.